The van der Waals surface area contributed by atoms with Crippen LogP contribution in [-0.4, -0.2) is 43.0 Å². The van der Waals surface area contributed by atoms with Crippen molar-refractivity contribution in [3.05, 3.63) is 29.3 Å². The second-order valence-corrected chi connectivity index (χ2v) is 7.57. The first kappa shape index (κ1) is 21.3. The van der Waals surface area contributed by atoms with Crippen LogP contribution in [0.3, 0.4) is 0 Å². The fourth-order valence-electron chi connectivity index (χ4n) is 3.37. The number of carbonyl (C=O) groups is 2. The van der Waals surface area contributed by atoms with Crippen LogP contribution in [-0.2, 0) is 9.59 Å². The van der Waals surface area contributed by atoms with E-state index in [1.165, 1.54) is 18.4 Å². The number of hydrogen-bond acceptors (Lipinski definition) is 3. The molecule has 2 amide bonds. The Kier molecular flexibility index (Phi) is 8.62. The van der Waals surface area contributed by atoms with Crippen LogP contribution in [0, 0.1) is 19.8 Å². The third-order valence-electron chi connectivity index (χ3n) is 5.32. The number of rotatable bonds is 9. The Hall–Kier alpha value is -2.04. The van der Waals surface area contributed by atoms with Gasteiger partial charge in [-0.25, -0.2) is 0 Å². The fraction of sp³-hybridized carbons (Fsp3) is 0.636. The van der Waals surface area contributed by atoms with Crippen molar-refractivity contribution in [2.45, 2.75) is 59.3 Å². The maximum absolute atomic E-state index is 12.5. The maximum Gasteiger partial charge on any atom is 0.260 e. The molecule has 1 heterocycles. The van der Waals surface area contributed by atoms with Gasteiger partial charge in [-0.2, -0.15) is 0 Å². The lowest BCUT2D eigenvalue weighted by Crippen LogP contribution is -2.47. The number of piperidine rings is 1. The predicted octanol–water partition coefficient (Wildman–Crippen LogP) is 3.62. The monoisotopic (exact) mass is 374 g/mol. The molecule has 0 radical (unpaired) electrons. The van der Waals surface area contributed by atoms with Crippen molar-refractivity contribution in [1.82, 2.24) is 10.2 Å². The number of nitrogens with one attached hydrogen (secondary N) is 1. The van der Waals surface area contributed by atoms with E-state index in [1.54, 1.807) is 4.90 Å². The highest BCUT2D eigenvalue weighted by molar-refractivity contribution is 5.81. The molecular formula is C22H34N2O3. The van der Waals surface area contributed by atoms with Crippen molar-refractivity contribution < 1.29 is 14.3 Å². The summed E-state index contributed by atoms with van der Waals surface area (Å²) in [6.45, 7) is 8.21. The lowest BCUT2D eigenvalue weighted by Gasteiger charge is -2.32. The van der Waals surface area contributed by atoms with Crippen LogP contribution >= 0.6 is 0 Å². The van der Waals surface area contributed by atoms with Crippen molar-refractivity contribution in [2.24, 2.45) is 5.92 Å². The van der Waals surface area contributed by atoms with Crippen molar-refractivity contribution in [2.75, 3.05) is 26.2 Å². The molecule has 1 atom stereocenters. The molecule has 0 spiro atoms. The topological polar surface area (TPSA) is 58.6 Å². The number of benzene rings is 1. The summed E-state index contributed by atoms with van der Waals surface area (Å²) in [6, 6.07) is 5.84. The summed E-state index contributed by atoms with van der Waals surface area (Å²) in [4.78, 5) is 26.6. The molecule has 0 saturated carbocycles. The lowest BCUT2D eigenvalue weighted by molar-refractivity contribution is -0.137. The molecule has 1 aromatic carbocycles. The van der Waals surface area contributed by atoms with Crippen LogP contribution in [0.15, 0.2) is 18.2 Å². The van der Waals surface area contributed by atoms with E-state index in [4.69, 9.17) is 4.74 Å². The van der Waals surface area contributed by atoms with Crippen LogP contribution in [0.5, 0.6) is 5.75 Å². The molecule has 5 nitrogen and oxygen atoms in total. The number of carbonyl (C=O) groups excluding carboxylic acids is 2. The van der Waals surface area contributed by atoms with Gasteiger partial charge in [-0.1, -0.05) is 32.3 Å². The number of unbranched alkanes of at least 4 members (excludes halogenated alkanes) is 3. The molecule has 1 unspecified atom stereocenters. The smallest absolute Gasteiger partial charge is 0.260 e. The molecule has 1 saturated heterocycles. The summed E-state index contributed by atoms with van der Waals surface area (Å²) in [5, 5.41) is 3.03. The third kappa shape index (κ3) is 6.89. The van der Waals surface area contributed by atoms with Crippen molar-refractivity contribution in [1.29, 1.82) is 0 Å². The first-order valence-electron chi connectivity index (χ1n) is 10.3. The molecule has 2 rings (SSSR count). The van der Waals surface area contributed by atoms with Crippen LogP contribution in [0.4, 0.5) is 0 Å². The summed E-state index contributed by atoms with van der Waals surface area (Å²) in [7, 11) is 0. The highest BCUT2D eigenvalue weighted by atomic mass is 16.5. The number of hydrogen-bond donors (Lipinski definition) is 1. The van der Waals surface area contributed by atoms with E-state index >= 15 is 0 Å². The summed E-state index contributed by atoms with van der Waals surface area (Å²) < 4.78 is 5.66. The molecule has 1 aromatic rings. The Bertz CT molecular complexity index is 630. The highest BCUT2D eigenvalue weighted by Gasteiger charge is 2.28. The van der Waals surface area contributed by atoms with Crippen LogP contribution < -0.4 is 10.1 Å². The molecule has 0 aliphatic carbocycles. The van der Waals surface area contributed by atoms with Gasteiger partial charge in [0.05, 0.1) is 5.92 Å². The Morgan fingerprint density at radius 2 is 2.00 bits per heavy atom. The number of amides is 2. The Labute approximate surface area is 163 Å². The molecule has 5 heteroatoms. The zero-order valence-corrected chi connectivity index (χ0v) is 17.1. The Balaban J connectivity index is 1.76. The minimum absolute atomic E-state index is 0.0217. The molecule has 1 aliphatic rings. The van der Waals surface area contributed by atoms with Crippen LogP contribution in [0.25, 0.3) is 0 Å². The molecule has 1 fully saturated rings. The number of nitrogens with zero attached hydrogens (tertiary/aromatic N) is 1. The highest BCUT2D eigenvalue weighted by Crippen LogP contribution is 2.19. The number of ether oxygens (including phenoxy) is 1. The van der Waals surface area contributed by atoms with Gasteiger partial charge in [-0.05, 0) is 56.4 Å². The van der Waals surface area contributed by atoms with Crippen LogP contribution in [0.1, 0.15) is 56.6 Å². The van der Waals surface area contributed by atoms with E-state index in [9.17, 15) is 9.59 Å². The van der Waals surface area contributed by atoms with Crippen LogP contribution in [0.2, 0.25) is 0 Å². The second-order valence-electron chi connectivity index (χ2n) is 7.57. The van der Waals surface area contributed by atoms with E-state index in [-0.39, 0.29) is 24.3 Å². The Morgan fingerprint density at radius 1 is 1.19 bits per heavy atom. The first-order valence-corrected chi connectivity index (χ1v) is 10.3. The largest absolute Gasteiger partial charge is 0.484 e. The molecule has 0 aromatic heterocycles. The van der Waals surface area contributed by atoms with Crippen molar-refractivity contribution in [3.8, 4) is 5.75 Å². The summed E-state index contributed by atoms with van der Waals surface area (Å²) in [6.07, 6.45) is 6.30. The molecule has 0 bridgehead atoms. The fourth-order valence-corrected chi connectivity index (χ4v) is 3.37. The second kappa shape index (κ2) is 11.0. The minimum atomic E-state index is -0.101. The average molecular weight is 375 g/mol. The van der Waals surface area contributed by atoms with Gasteiger partial charge in [0.2, 0.25) is 5.91 Å². The quantitative estimate of drug-likeness (QED) is 0.672. The van der Waals surface area contributed by atoms with Gasteiger partial charge < -0.3 is 15.0 Å². The maximum atomic E-state index is 12.5. The van der Waals surface area contributed by atoms with E-state index in [2.05, 4.69) is 12.2 Å². The molecule has 1 aliphatic heterocycles. The third-order valence-corrected chi connectivity index (χ3v) is 5.32. The zero-order valence-electron chi connectivity index (χ0n) is 17.1. The van der Waals surface area contributed by atoms with Gasteiger partial charge in [0.15, 0.2) is 6.61 Å². The van der Waals surface area contributed by atoms with Gasteiger partial charge in [-0.15, -0.1) is 0 Å². The van der Waals surface area contributed by atoms with Crippen molar-refractivity contribution in [3.63, 3.8) is 0 Å². The minimum Gasteiger partial charge on any atom is -0.484 e. The zero-order chi connectivity index (χ0) is 19.6. The van der Waals surface area contributed by atoms with Gasteiger partial charge >= 0.3 is 0 Å². The SMILES string of the molecule is CCCCCCNC(=O)C1CCCN(C(=O)COc2ccc(C)c(C)c2)C1. The number of likely N-dealkylation sites (tertiary alicyclic amines) is 1. The normalized spacial score (nSPS) is 16.9. The summed E-state index contributed by atoms with van der Waals surface area (Å²) >= 11 is 0. The summed E-state index contributed by atoms with van der Waals surface area (Å²) in [5.41, 5.74) is 2.35. The molecule has 1 N–H and O–H groups in total. The van der Waals surface area contributed by atoms with Gasteiger partial charge in [0, 0.05) is 19.6 Å². The van der Waals surface area contributed by atoms with Gasteiger partial charge in [0.25, 0.3) is 5.91 Å². The van der Waals surface area contributed by atoms with E-state index in [0.717, 1.165) is 37.8 Å². The predicted molar refractivity (Wildman–Crippen MR) is 108 cm³/mol. The van der Waals surface area contributed by atoms with E-state index in [0.29, 0.717) is 18.8 Å². The van der Waals surface area contributed by atoms with Crippen molar-refractivity contribution >= 4 is 11.8 Å². The molecule has 150 valence electrons. The average Bonchev–Trinajstić information content (AvgIpc) is 2.68. The molecule has 27 heavy (non-hydrogen) atoms. The van der Waals surface area contributed by atoms with E-state index < -0.39 is 0 Å². The van der Waals surface area contributed by atoms with Gasteiger partial charge in [-0.3, -0.25) is 9.59 Å². The Morgan fingerprint density at radius 3 is 2.74 bits per heavy atom. The summed E-state index contributed by atoms with van der Waals surface area (Å²) in [5.74, 6) is 0.646. The first-order chi connectivity index (χ1) is 13.0. The standard InChI is InChI=1S/C22H34N2O3/c1-4-5-6-7-12-23-22(26)19-9-8-13-24(15-19)21(25)16-27-20-11-10-17(2)18(3)14-20/h10-11,14,19H,4-9,12-13,15-16H2,1-3H3,(H,23,26). The van der Waals surface area contributed by atoms with E-state index in [1.807, 2.05) is 32.0 Å². The van der Waals surface area contributed by atoms with Gasteiger partial charge in [0.1, 0.15) is 5.75 Å². The molecular weight excluding hydrogens is 340 g/mol. The lowest BCUT2D eigenvalue weighted by atomic mass is 9.97. The number of aryl methyl sites for hydroxylation is 2.